The van der Waals surface area contributed by atoms with Gasteiger partial charge in [-0.2, -0.15) is 0 Å². The van der Waals surface area contributed by atoms with E-state index in [-0.39, 0.29) is 5.41 Å². The Morgan fingerprint density at radius 2 is 0.981 bits per heavy atom. The summed E-state index contributed by atoms with van der Waals surface area (Å²) >= 11 is 0. The van der Waals surface area contributed by atoms with Crippen LogP contribution in [0.25, 0.3) is 65.7 Å². The molecule has 1 aliphatic rings. The highest BCUT2D eigenvalue weighted by Crippen LogP contribution is 2.53. The smallest absolute Gasteiger partial charge is 0.0546 e. The molecule has 0 amide bonds. The third kappa shape index (κ3) is 4.77. The van der Waals surface area contributed by atoms with Crippen molar-refractivity contribution in [3.63, 3.8) is 0 Å². The second-order valence-corrected chi connectivity index (χ2v) is 14.6. The zero-order chi connectivity index (χ0) is 34.8. The molecule has 9 aromatic rings. The van der Waals surface area contributed by atoms with Crippen molar-refractivity contribution >= 4 is 49.4 Å². The lowest BCUT2D eigenvalue weighted by Crippen LogP contribution is -2.17. The van der Waals surface area contributed by atoms with Gasteiger partial charge in [0.15, 0.2) is 0 Å². The molecule has 1 aliphatic carbocycles. The van der Waals surface area contributed by atoms with Crippen LogP contribution in [-0.2, 0) is 5.41 Å². The lowest BCUT2D eigenvalue weighted by Gasteiger charge is -2.32. The molecule has 0 fully saturated rings. The van der Waals surface area contributed by atoms with E-state index in [1.165, 1.54) is 76.8 Å². The van der Waals surface area contributed by atoms with Crippen molar-refractivity contribution in [3.8, 4) is 33.4 Å². The summed E-state index contributed by atoms with van der Waals surface area (Å²) in [6, 6.07) is 69.3. The molecule has 9 aromatic carbocycles. The van der Waals surface area contributed by atoms with Crippen molar-refractivity contribution in [2.45, 2.75) is 19.3 Å². The summed E-state index contributed by atoms with van der Waals surface area (Å²) in [5.74, 6) is 0. The SMILES string of the molecule is CC1(C)c2cc(N(c3ccccc3-c3ccccc3)c3ccc4ccccc4c3-c3ccc4ccccc4c3)ccc2-c2cc3ccccc3cc21. The van der Waals surface area contributed by atoms with Crippen LogP contribution >= 0.6 is 0 Å². The molecule has 1 heteroatoms. The quantitative estimate of drug-likeness (QED) is 0.177. The molecular formula is C51H37N. The number of rotatable bonds is 5. The molecule has 0 heterocycles. The van der Waals surface area contributed by atoms with Gasteiger partial charge < -0.3 is 4.90 Å². The predicted octanol–water partition coefficient (Wildman–Crippen LogP) is 14.3. The fourth-order valence-corrected chi connectivity index (χ4v) is 8.58. The van der Waals surface area contributed by atoms with Crippen molar-refractivity contribution < 1.29 is 0 Å². The summed E-state index contributed by atoms with van der Waals surface area (Å²) in [6.45, 7) is 4.77. The Hall–Kier alpha value is -6.44. The highest BCUT2D eigenvalue weighted by Gasteiger charge is 2.36. The monoisotopic (exact) mass is 663 g/mol. The van der Waals surface area contributed by atoms with Crippen LogP contribution in [0.4, 0.5) is 17.1 Å². The molecule has 52 heavy (non-hydrogen) atoms. The molecule has 10 rings (SSSR count). The summed E-state index contributed by atoms with van der Waals surface area (Å²) in [7, 11) is 0. The van der Waals surface area contributed by atoms with Crippen LogP contribution in [0, 0.1) is 0 Å². The first-order valence-electron chi connectivity index (χ1n) is 18.2. The molecule has 1 nitrogen and oxygen atoms in total. The molecule has 0 saturated heterocycles. The highest BCUT2D eigenvalue weighted by molar-refractivity contribution is 6.08. The topological polar surface area (TPSA) is 3.24 Å². The third-order valence-corrected chi connectivity index (χ3v) is 11.2. The zero-order valence-corrected chi connectivity index (χ0v) is 29.3. The van der Waals surface area contributed by atoms with E-state index in [0.29, 0.717) is 0 Å². The first-order chi connectivity index (χ1) is 25.5. The Kier molecular flexibility index (Phi) is 6.91. The summed E-state index contributed by atoms with van der Waals surface area (Å²) in [5, 5.41) is 7.51. The molecule has 0 aromatic heterocycles. The number of para-hydroxylation sites is 1. The zero-order valence-electron chi connectivity index (χ0n) is 29.3. The molecule has 0 N–H and O–H groups in total. The summed E-state index contributed by atoms with van der Waals surface area (Å²) in [6.07, 6.45) is 0. The maximum Gasteiger partial charge on any atom is 0.0546 e. The van der Waals surface area contributed by atoms with E-state index >= 15 is 0 Å². The fraction of sp³-hybridized carbons (Fsp3) is 0.0588. The Morgan fingerprint density at radius 1 is 0.365 bits per heavy atom. The van der Waals surface area contributed by atoms with E-state index in [1.807, 2.05) is 0 Å². The van der Waals surface area contributed by atoms with E-state index in [9.17, 15) is 0 Å². The van der Waals surface area contributed by atoms with Crippen LogP contribution in [0.5, 0.6) is 0 Å². The molecule has 0 spiro atoms. The van der Waals surface area contributed by atoms with Gasteiger partial charge >= 0.3 is 0 Å². The average molecular weight is 664 g/mol. The Bertz CT molecular complexity index is 2830. The standard InChI is InChI=1S/C51H37N/c1-51(2)46-32-39-20-9-8-19-38(39)31-45(46)44-28-27-41(33-47(44)51)52(48-23-13-12-21-42(48)35-15-4-3-5-16-35)49-29-26-36-17-10-11-22-43(36)50(49)40-25-24-34-14-6-7-18-37(34)30-40/h3-33H,1-2H3. The number of nitrogens with zero attached hydrogens (tertiary/aromatic N) is 1. The number of benzene rings is 9. The van der Waals surface area contributed by atoms with Crippen molar-refractivity contribution in [2.75, 3.05) is 4.90 Å². The molecule has 0 aliphatic heterocycles. The summed E-state index contributed by atoms with van der Waals surface area (Å²) in [5.41, 5.74) is 13.5. The van der Waals surface area contributed by atoms with Crippen molar-refractivity contribution in [1.82, 2.24) is 0 Å². The molecule has 0 radical (unpaired) electrons. The number of hydrogen-bond donors (Lipinski definition) is 0. The van der Waals surface area contributed by atoms with Gasteiger partial charge in [0, 0.05) is 22.2 Å². The Labute approximate surface area is 305 Å². The molecule has 0 saturated carbocycles. The lowest BCUT2D eigenvalue weighted by atomic mass is 9.81. The van der Waals surface area contributed by atoms with E-state index in [1.54, 1.807) is 0 Å². The van der Waals surface area contributed by atoms with Crippen LogP contribution in [0.2, 0.25) is 0 Å². The molecule has 246 valence electrons. The first-order valence-corrected chi connectivity index (χ1v) is 18.2. The van der Waals surface area contributed by atoms with Gasteiger partial charge in [-0.3, -0.25) is 0 Å². The van der Waals surface area contributed by atoms with Gasteiger partial charge in [0.05, 0.1) is 11.4 Å². The normalized spacial score (nSPS) is 13.0. The van der Waals surface area contributed by atoms with Gasteiger partial charge in [0.2, 0.25) is 0 Å². The first kappa shape index (κ1) is 30.4. The van der Waals surface area contributed by atoms with Crippen LogP contribution in [0.15, 0.2) is 188 Å². The van der Waals surface area contributed by atoms with Gasteiger partial charge in [-0.1, -0.05) is 159 Å². The molecular weight excluding hydrogens is 627 g/mol. The van der Waals surface area contributed by atoms with E-state index < -0.39 is 0 Å². The average Bonchev–Trinajstić information content (AvgIpc) is 3.41. The molecule has 0 unspecified atom stereocenters. The van der Waals surface area contributed by atoms with Crippen LogP contribution in [0.1, 0.15) is 25.0 Å². The number of fused-ring (bicyclic) bond motifs is 6. The maximum atomic E-state index is 2.51. The molecule has 0 bridgehead atoms. The maximum absolute atomic E-state index is 2.51. The van der Waals surface area contributed by atoms with E-state index in [4.69, 9.17) is 0 Å². The minimum atomic E-state index is -0.167. The number of hydrogen-bond acceptors (Lipinski definition) is 1. The van der Waals surface area contributed by atoms with Crippen molar-refractivity contribution in [3.05, 3.63) is 199 Å². The summed E-state index contributed by atoms with van der Waals surface area (Å²) < 4.78 is 0. The van der Waals surface area contributed by atoms with Crippen LogP contribution in [-0.4, -0.2) is 0 Å². The second kappa shape index (κ2) is 11.8. The number of anilines is 3. The third-order valence-electron chi connectivity index (χ3n) is 11.2. The van der Waals surface area contributed by atoms with Gasteiger partial charge in [-0.25, -0.2) is 0 Å². The van der Waals surface area contributed by atoms with E-state index in [2.05, 4.69) is 207 Å². The van der Waals surface area contributed by atoms with Gasteiger partial charge in [0.25, 0.3) is 0 Å². The van der Waals surface area contributed by atoms with Gasteiger partial charge in [-0.15, -0.1) is 0 Å². The Balaban J connectivity index is 1.26. The van der Waals surface area contributed by atoms with Gasteiger partial charge in [-0.05, 0) is 108 Å². The minimum absolute atomic E-state index is 0.167. The lowest BCUT2D eigenvalue weighted by molar-refractivity contribution is 0.661. The minimum Gasteiger partial charge on any atom is -0.309 e. The van der Waals surface area contributed by atoms with Crippen LogP contribution in [0.3, 0.4) is 0 Å². The van der Waals surface area contributed by atoms with E-state index in [0.717, 1.165) is 17.1 Å². The van der Waals surface area contributed by atoms with Crippen molar-refractivity contribution in [2.24, 2.45) is 0 Å². The largest absolute Gasteiger partial charge is 0.309 e. The van der Waals surface area contributed by atoms with Crippen LogP contribution < -0.4 is 4.90 Å². The molecule has 0 atom stereocenters. The van der Waals surface area contributed by atoms with Gasteiger partial charge in [0.1, 0.15) is 0 Å². The predicted molar refractivity (Wildman–Crippen MR) is 222 cm³/mol. The Morgan fingerprint density at radius 3 is 1.79 bits per heavy atom. The highest BCUT2D eigenvalue weighted by atomic mass is 15.1. The summed E-state index contributed by atoms with van der Waals surface area (Å²) in [4.78, 5) is 2.51. The van der Waals surface area contributed by atoms with Crippen molar-refractivity contribution in [1.29, 1.82) is 0 Å². The fourth-order valence-electron chi connectivity index (χ4n) is 8.58. The second-order valence-electron chi connectivity index (χ2n) is 14.6.